The summed E-state index contributed by atoms with van der Waals surface area (Å²) in [7, 11) is 2.82. The van der Waals surface area contributed by atoms with E-state index in [1.807, 2.05) is 20.8 Å². The molecule has 0 amide bonds. The zero-order valence-electron chi connectivity index (χ0n) is 25.4. The second kappa shape index (κ2) is 12.9. The third kappa shape index (κ3) is 6.29. The number of aliphatic imine (C=N–C) groups is 1. The zero-order valence-corrected chi connectivity index (χ0v) is 26.9. The molecule has 0 unspecified atom stereocenters. The molecular weight excluding hydrogens is 639 g/mol. The van der Waals surface area contributed by atoms with Crippen LogP contribution in [0.1, 0.15) is 36.1 Å². The number of nitrogens with zero attached hydrogens (tertiary/aromatic N) is 2. The Morgan fingerprint density at radius 2 is 1.67 bits per heavy atom. The highest BCUT2D eigenvalue weighted by molar-refractivity contribution is 6.58. The van der Waals surface area contributed by atoms with Gasteiger partial charge in [0.05, 0.1) is 52.2 Å². The number of rotatable bonds is 9. The van der Waals surface area contributed by atoms with Gasteiger partial charge in [0.1, 0.15) is 24.7 Å². The predicted molar refractivity (Wildman–Crippen MR) is 171 cm³/mol. The van der Waals surface area contributed by atoms with Crippen LogP contribution in [0.4, 0.5) is 16.2 Å². The average Bonchev–Trinajstić information content (AvgIpc) is 3.01. The van der Waals surface area contributed by atoms with Gasteiger partial charge >= 0.3 is 6.16 Å². The molecule has 46 heavy (non-hydrogen) atoms. The molecule has 0 saturated heterocycles. The molecule has 1 aliphatic carbocycles. The van der Waals surface area contributed by atoms with Crippen molar-refractivity contribution < 1.29 is 38.2 Å². The normalized spacial score (nSPS) is 14.8. The number of carbonyl (C=O) groups is 2. The summed E-state index contributed by atoms with van der Waals surface area (Å²) >= 11 is 12.5. The molecule has 0 N–H and O–H groups in total. The highest BCUT2D eigenvalue weighted by atomic mass is 35.5. The number of fused-ring (bicyclic) bond motifs is 2. The first-order chi connectivity index (χ1) is 21.8. The van der Waals surface area contributed by atoms with Gasteiger partial charge in [-0.15, -0.1) is 0 Å². The predicted octanol–water partition coefficient (Wildman–Crippen LogP) is 7.78. The summed E-state index contributed by atoms with van der Waals surface area (Å²) in [4.78, 5) is 41.0. The molecule has 3 aromatic carbocycles. The van der Waals surface area contributed by atoms with Gasteiger partial charge in [-0.05, 0) is 55.0 Å². The second-order valence-corrected chi connectivity index (χ2v) is 11.7. The summed E-state index contributed by atoms with van der Waals surface area (Å²) in [6, 6.07) is 12.9. The van der Waals surface area contributed by atoms with Crippen LogP contribution in [-0.4, -0.2) is 36.8 Å². The lowest BCUT2D eigenvalue weighted by Gasteiger charge is -2.36. The molecule has 1 heterocycles. The first kappa shape index (κ1) is 32.5. The molecule has 1 aliphatic heterocycles. The number of benzene rings is 3. The summed E-state index contributed by atoms with van der Waals surface area (Å²) in [5.74, 6) is 0.601. The molecule has 3 aromatic rings. The van der Waals surface area contributed by atoms with Crippen molar-refractivity contribution in [1.29, 1.82) is 0 Å². The van der Waals surface area contributed by atoms with Gasteiger partial charge in [0.2, 0.25) is 5.78 Å². The fourth-order valence-electron chi connectivity index (χ4n) is 5.29. The Morgan fingerprint density at radius 1 is 0.957 bits per heavy atom. The van der Waals surface area contributed by atoms with Gasteiger partial charge in [-0.1, -0.05) is 48.7 Å². The van der Waals surface area contributed by atoms with E-state index in [9.17, 15) is 19.7 Å². The molecule has 5 rings (SSSR count). The number of carbonyl (C=O) groups excluding carboxylic acids is 2. The fraction of sp³-hybridized carbons (Fsp3) is 0.242. The van der Waals surface area contributed by atoms with Crippen LogP contribution < -0.4 is 18.9 Å². The Kier molecular flexibility index (Phi) is 9.09. The maximum Gasteiger partial charge on any atom is 0.514 e. The van der Waals surface area contributed by atoms with Gasteiger partial charge in [-0.2, -0.15) is 0 Å². The molecular formula is C33H28Cl2N2O9. The van der Waals surface area contributed by atoms with Crippen LogP contribution in [0.3, 0.4) is 0 Å². The second-order valence-electron chi connectivity index (χ2n) is 10.9. The molecule has 0 spiro atoms. The van der Waals surface area contributed by atoms with E-state index in [0.29, 0.717) is 39.6 Å². The molecule has 0 saturated carbocycles. The van der Waals surface area contributed by atoms with Gasteiger partial charge in [0, 0.05) is 16.6 Å². The van der Waals surface area contributed by atoms with Crippen molar-refractivity contribution >= 4 is 52.2 Å². The molecule has 11 nitrogen and oxygen atoms in total. The number of methoxy groups -OCH3 is 2. The summed E-state index contributed by atoms with van der Waals surface area (Å²) < 4.78 is 27.3. The molecule has 0 radical (unpaired) electrons. The molecule has 238 valence electrons. The summed E-state index contributed by atoms with van der Waals surface area (Å²) in [6.45, 7) is 5.26. The van der Waals surface area contributed by atoms with E-state index in [2.05, 4.69) is 4.99 Å². The van der Waals surface area contributed by atoms with Crippen LogP contribution >= 0.6 is 23.2 Å². The number of halogens is 2. The largest absolute Gasteiger partial charge is 0.514 e. The molecule has 2 aliphatic rings. The minimum atomic E-state index is -0.972. The summed E-state index contributed by atoms with van der Waals surface area (Å²) in [5.41, 5.74) is 3.02. The minimum Gasteiger partial charge on any atom is -0.493 e. The van der Waals surface area contributed by atoms with Crippen LogP contribution in [0.5, 0.6) is 23.0 Å². The van der Waals surface area contributed by atoms with E-state index in [-0.39, 0.29) is 46.0 Å². The first-order valence-electron chi connectivity index (χ1n) is 13.9. The number of nitro groups is 1. The first-order valence-corrected chi connectivity index (χ1v) is 14.6. The van der Waals surface area contributed by atoms with E-state index in [1.165, 1.54) is 32.4 Å². The van der Waals surface area contributed by atoms with Crippen LogP contribution in [0.25, 0.3) is 0 Å². The number of allylic oxidation sites excluding steroid dienone is 4. The van der Waals surface area contributed by atoms with Crippen molar-refractivity contribution in [2.24, 2.45) is 4.99 Å². The molecule has 0 fully saturated rings. The van der Waals surface area contributed by atoms with Crippen molar-refractivity contribution in [2.75, 3.05) is 14.2 Å². The highest BCUT2D eigenvalue weighted by Gasteiger charge is 2.40. The maximum atomic E-state index is 12.8. The lowest BCUT2D eigenvalue weighted by Crippen LogP contribution is -2.32. The third-order valence-electron chi connectivity index (χ3n) is 7.59. The Bertz CT molecular complexity index is 1880. The number of ketones is 1. The Hall–Kier alpha value is -4.87. The summed E-state index contributed by atoms with van der Waals surface area (Å²) in [5, 5.41) is 11.7. The SMILES string of the molecule is COc1cc(COc2ccc(C)cc2COC(=O)Oc2ccc3c(c2)C(C)(C)C2=C(Cl)C(=O)C(Cl)=CC2=N3)c([N+](=O)[O-])cc1OC. The Balaban J connectivity index is 1.31. The molecule has 13 heteroatoms. The smallest absolute Gasteiger partial charge is 0.493 e. The summed E-state index contributed by atoms with van der Waals surface area (Å²) in [6.07, 6.45) is 0.524. The van der Waals surface area contributed by atoms with Crippen LogP contribution in [0.15, 0.2) is 75.2 Å². The minimum absolute atomic E-state index is 0.00968. The monoisotopic (exact) mass is 666 g/mol. The van der Waals surface area contributed by atoms with Crippen molar-refractivity contribution in [3.05, 3.63) is 103 Å². The van der Waals surface area contributed by atoms with Crippen molar-refractivity contribution in [3.63, 3.8) is 0 Å². The Morgan fingerprint density at radius 3 is 2.37 bits per heavy atom. The fourth-order valence-corrected chi connectivity index (χ4v) is 5.97. The number of Topliss-reactive ketones (excluding diaryl/α,β-unsaturated/α-hetero) is 1. The zero-order chi connectivity index (χ0) is 33.3. The van der Waals surface area contributed by atoms with Crippen molar-refractivity contribution in [2.45, 2.75) is 39.4 Å². The van der Waals surface area contributed by atoms with E-state index < -0.39 is 22.3 Å². The number of nitro benzene ring substituents is 1. The molecule has 0 bridgehead atoms. The van der Waals surface area contributed by atoms with Gasteiger partial charge in [0.25, 0.3) is 5.69 Å². The quantitative estimate of drug-likeness (QED) is 0.0737. The van der Waals surface area contributed by atoms with E-state index >= 15 is 0 Å². The lowest BCUT2D eigenvalue weighted by atomic mass is 9.71. The van der Waals surface area contributed by atoms with Gasteiger partial charge in [-0.3, -0.25) is 14.9 Å². The number of hydrogen-bond donors (Lipinski definition) is 0. The standard InChI is InChI=1S/C33H28Cl2N2O9/c1-17-6-9-26(44-15-18-11-27(42-4)28(43-5)14-25(18)37(40)41)19(10-17)16-45-32(39)46-20-7-8-23-21(12-20)33(2,3)29-24(36-23)13-22(34)31(38)30(29)35/h6-14H,15-16H2,1-5H3. The third-order valence-corrected chi connectivity index (χ3v) is 8.23. The topological polar surface area (TPSA) is 136 Å². The van der Waals surface area contributed by atoms with Gasteiger partial charge in [0.15, 0.2) is 11.5 Å². The molecule has 0 atom stereocenters. The van der Waals surface area contributed by atoms with Crippen molar-refractivity contribution in [1.82, 2.24) is 0 Å². The van der Waals surface area contributed by atoms with Crippen LogP contribution in [-0.2, 0) is 28.2 Å². The van der Waals surface area contributed by atoms with E-state index in [4.69, 9.17) is 46.9 Å². The highest BCUT2D eigenvalue weighted by Crippen LogP contribution is 2.47. The van der Waals surface area contributed by atoms with E-state index in [0.717, 1.165) is 5.56 Å². The lowest BCUT2D eigenvalue weighted by molar-refractivity contribution is -0.385. The van der Waals surface area contributed by atoms with Crippen LogP contribution in [0.2, 0.25) is 0 Å². The van der Waals surface area contributed by atoms with Crippen LogP contribution in [0, 0.1) is 17.0 Å². The van der Waals surface area contributed by atoms with Crippen molar-refractivity contribution in [3.8, 4) is 23.0 Å². The number of hydrogen-bond acceptors (Lipinski definition) is 10. The Labute approximate surface area is 274 Å². The molecule has 0 aromatic heterocycles. The van der Waals surface area contributed by atoms with Gasteiger partial charge < -0.3 is 23.7 Å². The van der Waals surface area contributed by atoms with E-state index in [1.54, 1.807) is 36.4 Å². The average molecular weight is 667 g/mol. The number of aryl methyl sites for hydroxylation is 1. The maximum absolute atomic E-state index is 12.8. The van der Waals surface area contributed by atoms with Gasteiger partial charge in [-0.25, -0.2) is 9.79 Å². The number of ether oxygens (including phenoxy) is 5.